The van der Waals surface area contributed by atoms with Gasteiger partial charge in [-0.2, -0.15) is 13.2 Å². The van der Waals surface area contributed by atoms with E-state index in [1.54, 1.807) is 31.2 Å². The molecular weight excluding hydrogens is 479 g/mol. The fourth-order valence-electron chi connectivity index (χ4n) is 3.77. The van der Waals surface area contributed by atoms with Crippen LogP contribution in [0.1, 0.15) is 37.3 Å². The monoisotopic (exact) mass is 509 g/mol. The van der Waals surface area contributed by atoms with Crippen molar-refractivity contribution >= 4 is 12.1 Å². The Balaban J connectivity index is 1.56. The minimum atomic E-state index is -4.53. The van der Waals surface area contributed by atoms with Gasteiger partial charge >= 0.3 is 18.2 Å². The Morgan fingerprint density at radius 2 is 1.83 bits per heavy atom. The van der Waals surface area contributed by atoms with E-state index in [9.17, 15) is 27.9 Å². The van der Waals surface area contributed by atoms with Crippen molar-refractivity contribution in [3.63, 3.8) is 0 Å². The molecular formula is C26H30F3NO6. The molecule has 0 saturated heterocycles. The number of amides is 1. The zero-order chi connectivity index (χ0) is 26.1. The van der Waals surface area contributed by atoms with Crippen molar-refractivity contribution in [3.05, 3.63) is 59.7 Å². The molecule has 1 aliphatic rings. The van der Waals surface area contributed by atoms with Gasteiger partial charge in [0.25, 0.3) is 0 Å². The summed E-state index contributed by atoms with van der Waals surface area (Å²) in [5.74, 6) is -0.333. The van der Waals surface area contributed by atoms with Crippen LogP contribution in [0.3, 0.4) is 0 Å². The van der Waals surface area contributed by atoms with Gasteiger partial charge in [-0.3, -0.25) is 0 Å². The fourth-order valence-corrected chi connectivity index (χ4v) is 3.77. The highest BCUT2D eigenvalue weighted by Gasteiger charge is 2.31. The molecule has 0 spiro atoms. The van der Waals surface area contributed by atoms with E-state index in [0.29, 0.717) is 24.8 Å². The molecule has 1 fully saturated rings. The summed E-state index contributed by atoms with van der Waals surface area (Å²) in [5, 5.41) is 9.22. The summed E-state index contributed by atoms with van der Waals surface area (Å²) in [6.45, 7) is 2.82. The quantitative estimate of drug-likeness (QED) is 0.412. The number of nitrogens with zero attached hydrogens (tertiary/aromatic N) is 1. The van der Waals surface area contributed by atoms with Crippen molar-refractivity contribution in [1.29, 1.82) is 0 Å². The molecule has 2 aromatic carbocycles. The molecule has 0 aromatic heterocycles. The highest BCUT2D eigenvalue weighted by atomic mass is 19.4. The predicted octanol–water partition coefficient (Wildman–Crippen LogP) is 5.42. The number of rotatable bonds is 12. The van der Waals surface area contributed by atoms with Gasteiger partial charge in [-0.15, -0.1) is 0 Å². The highest BCUT2D eigenvalue weighted by molar-refractivity contribution is 5.72. The summed E-state index contributed by atoms with van der Waals surface area (Å²) in [4.78, 5) is 25.5. The van der Waals surface area contributed by atoms with Gasteiger partial charge in [-0.25, -0.2) is 9.59 Å². The molecule has 1 N–H and O–H groups in total. The molecule has 3 rings (SSSR count). The Labute approximate surface area is 207 Å². The van der Waals surface area contributed by atoms with Crippen LogP contribution in [0.4, 0.5) is 18.0 Å². The molecule has 0 bridgehead atoms. The van der Waals surface area contributed by atoms with E-state index < -0.39 is 29.9 Å². The smallest absolute Gasteiger partial charge is 0.416 e. The third-order valence-corrected chi connectivity index (χ3v) is 5.95. The number of benzene rings is 2. The largest absolute Gasteiger partial charge is 0.492 e. The van der Waals surface area contributed by atoms with Crippen molar-refractivity contribution in [1.82, 2.24) is 4.90 Å². The van der Waals surface area contributed by atoms with E-state index in [4.69, 9.17) is 14.2 Å². The third-order valence-electron chi connectivity index (χ3n) is 5.95. The van der Waals surface area contributed by atoms with E-state index in [1.807, 2.05) is 0 Å². The fraction of sp³-hybridized carbons (Fsp3) is 0.462. The summed E-state index contributed by atoms with van der Waals surface area (Å²) in [5.41, 5.74) is -0.111. The number of carboxylic acids is 1. The minimum Gasteiger partial charge on any atom is -0.492 e. The Kier molecular flexibility index (Phi) is 9.58. The van der Waals surface area contributed by atoms with Gasteiger partial charge in [0.05, 0.1) is 12.1 Å². The Morgan fingerprint density at radius 3 is 2.42 bits per heavy atom. The van der Waals surface area contributed by atoms with Crippen LogP contribution in [0, 0.1) is 5.92 Å². The lowest BCUT2D eigenvalue weighted by molar-refractivity contribution is -0.150. The summed E-state index contributed by atoms with van der Waals surface area (Å²) >= 11 is 0. The average Bonchev–Trinajstić information content (AvgIpc) is 2.80. The number of halogens is 3. The first-order valence-corrected chi connectivity index (χ1v) is 11.9. The van der Waals surface area contributed by atoms with Crippen LogP contribution in [0.2, 0.25) is 0 Å². The van der Waals surface area contributed by atoms with Crippen LogP contribution < -0.4 is 9.47 Å². The lowest BCUT2D eigenvalue weighted by atomic mass is 9.85. The number of aliphatic carboxylic acids is 1. The average molecular weight is 510 g/mol. The first-order valence-electron chi connectivity index (χ1n) is 11.9. The van der Waals surface area contributed by atoms with E-state index in [1.165, 1.54) is 17.0 Å². The van der Waals surface area contributed by atoms with Gasteiger partial charge in [-0.1, -0.05) is 24.6 Å². The number of carbonyl (C=O) groups excluding carboxylic acids is 1. The standard InChI is InChI=1S/C26H30F3NO6/c1-2-34-23(24(31)32)15-18-9-11-21(12-10-18)35-14-13-30(17-19-5-3-6-19)25(33)36-22-8-4-7-20(16-22)26(27,28)29/h4,7-12,16,19,23H,2-3,5-6,13-15,17H2,1H3,(H,31,32). The van der Waals surface area contributed by atoms with E-state index in [-0.39, 0.29) is 25.3 Å². The molecule has 7 nitrogen and oxygen atoms in total. The third kappa shape index (κ3) is 8.15. The zero-order valence-electron chi connectivity index (χ0n) is 20.0. The Morgan fingerprint density at radius 1 is 1.11 bits per heavy atom. The Hall–Kier alpha value is -3.27. The molecule has 1 saturated carbocycles. The van der Waals surface area contributed by atoms with Crippen molar-refractivity contribution in [2.45, 2.75) is 44.9 Å². The van der Waals surface area contributed by atoms with Crippen LogP contribution in [0.5, 0.6) is 11.5 Å². The van der Waals surface area contributed by atoms with Crippen LogP contribution >= 0.6 is 0 Å². The van der Waals surface area contributed by atoms with Crippen molar-refractivity contribution < 1.29 is 42.1 Å². The molecule has 0 heterocycles. The van der Waals surface area contributed by atoms with E-state index >= 15 is 0 Å². The van der Waals surface area contributed by atoms with E-state index in [2.05, 4.69) is 0 Å². The summed E-state index contributed by atoms with van der Waals surface area (Å²) in [7, 11) is 0. The molecule has 1 aliphatic carbocycles. The van der Waals surface area contributed by atoms with Gasteiger partial charge in [-0.05, 0) is 61.6 Å². The second kappa shape index (κ2) is 12.6. The first kappa shape index (κ1) is 27.3. The second-order valence-corrected chi connectivity index (χ2v) is 8.62. The predicted molar refractivity (Wildman–Crippen MR) is 125 cm³/mol. The molecule has 10 heteroatoms. The maximum Gasteiger partial charge on any atom is 0.416 e. The van der Waals surface area contributed by atoms with Crippen molar-refractivity contribution in [2.24, 2.45) is 5.92 Å². The van der Waals surface area contributed by atoms with Crippen LogP contribution in [-0.2, 0) is 22.1 Å². The number of hydrogen-bond acceptors (Lipinski definition) is 5. The molecule has 1 amide bonds. The minimum absolute atomic E-state index is 0.153. The number of carbonyl (C=O) groups is 2. The van der Waals surface area contributed by atoms with Crippen molar-refractivity contribution in [3.8, 4) is 11.5 Å². The number of hydrogen-bond donors (Lipinski definition) is 1. The van der Waals surface area contributed by atoms with E-state index in [0.717, 1.165) is 37.0 Å². The van der Waals surface area contributed by atoms with Crippen LogP contribution in [-0.4, -0.2) is 54.5 Å². The SMILES string of the molecule is CCOC(Cc1ccc(OCCN(CC2CCC2)C(=O)Oc2cccc(C(F)(F)F)c2)cc1)C(=O)O. The zero-order valence-corrected chi connectivity index (χ0v) is 20.0. The first-order chi connectivity index (χ1) is 17.2. The lowest BCUT2D eigenvalue weighted by Gasteiger charge is -2.31. The van der Waals surface area contributed by atoms with Crippen molar-refractivity contribution in [2.75, 3.05) is 26.3 Å². The summed E-state index contributed by atoms with van der Waals surface area (Å²) in [6.07, 6.45) is -2.92. The number of alkyl halides is 3. The molecule has 36 heavy (non-hydrogen) atoms. The van der Waals surface area contributed by atoms with Crippen LogP contribution in [0.15, 0.2) is 48.5 Å². The lowest BCUT2D eigenvalue weighted by Crippen LogP contribution is -2.41. The highest BCUT2D eigenvalue weighted by Crippen LogP contribution is 2.32. The molecule has 0 aliphatic heterocycles. The molecule has 0 radical (unpaired) electrons. The Bertz CT molecular complexity index is 1010. The van der Waals surface area contributed by atoms with Gasteiger partial charge in [0.15, 0.2) is 6.10 Å². The number of carboxylic acid groups (broad SMARTS) is 1. The topological polar surface area (TPSA) is 85.3 Å². The number of ether oxygens (including phenoxy) is 3. The van der Waals surface area contributed by atoms with Gasteiger partial charge < -0.3 is 24.2 Å². The summed E-state index contributed by atoms with van der Waals surface area (Å²) < 4.78 is 55.1. The maximum atomic E-state index is 13.0. The maximum absolute atomic E-state index is 13.0. The molecule has 1 atom stereocenters. The van der Waals surface area contributed by atoms with Gasteiger partial charge in [0, 0.05) is 19.6 Å². The molecule has 196 valence electrons. The van der Waals surface area contributed by atoms with Gasteiger partial charge in [0.1, 0.15) is 18.1 Å². The molecule has 2 aromatic rings. The van der Waals surface area contributed by atoms with Gasteiger partial charge in [0.2, 0.25) is 0 Å². The van der Waals surface area contributed by atoms with Crippen LogP contribution in [0.25, 0.3) is 0 Å². The molecule has 1 unspecified atom stereocenters. The summed E-state index contributed by atoms with van der Waals surface area (Å²) in [6, 6.07) is 11.1. The normalized spacial score (nSPS) is 14.6. The second-order valence-electron chi connectivity index (χ2n) is 8.62.